The monoisotopic (exact) mass is 397 g/mol. The molecule has 0 aliphatic heterocycles. The van der Waals surface area contributed by atoms with E-state index >= 15 is 0 Å². The maximum atomic E-state index is 12.4. The molecule has 2 bridgehead atoms. The number of ether oxygens (including phenoxy) is 1. The van der Waals surface area contributed by atoms with Crippen LogP contribution in [0.15, 0.2) is 42.9 Å². The molecule has 5 rings (SSSR count). The summed E-state index contributed by atoms with van der Waals surface area (Å²) in [7, 11) is 0. The van der Waals surface area contributed by atoms with E-state index in [0.29, 0.717) is 5.15 Å². The lowest BCUT2D eigenvalue weighted by Crippen LogP contribution is -2.45. The third kappa shape index (κ3) is 2.81. The SMILES string of the molecule is O=C(NC12CCC(n3ncc4c(Cl)ncnc43)(CC1)C2)OCc1ccccc1. The molecule has 0 atom stereocenters. The van der Waals surface area contributed by atoms with E-state index in [2.05, 4.69) is 20.4 Å². The molecule has 1 aromatic carbocycles. The zero-order valence-electron chi connectivity index (χ0n) is 15.3. The lowest BCUT2D eigenvalue weighted by atomic mass is 9.91. The van der Waals surface area contributed by atoms with Gasteiger partial charge in [0.15, 0.2) is 5.65 Å². The predicted octanol–water partition coefficient (Wildman–Crippen LogP) is 3.82. The summed E-state index contributed by atoms with van der Waals surface area (Å²) in [5.74, 6) is 0. The summed E-state index contributed by atoms with van der Waals surface area (Å²) in [6, 6.07) is 9.69. The quantitative estimate of drug-likeness (QED) is 0.677. The maximum Gasteiger partial charge on any atom is 0.407 e. The predicted molar refractivity (Wildman–Crippen MR) is 104 cm³/mol. The molecule has 0 spiro atoms. The summed E-state index contributed by atoms with van der Waals surface area (Å²) in [6.45, 7) is 0.271. The smallest absolute Gasteiger partial charge is 0.407 e. The highest BCUT2D eigenvalue weighted by Gasteiger charge is 2.57. The van der Waals surface area contributed by atoms with Crippen molar-refractivity contribution in [3.8, 4) is 0 Å². The Bertz CT molecular complexity index is 1030. The summed E-state index contributed by atoms with van der Waals surface area (Å²) in [5.41, 5.74) is 1.33. The standard InChI is InChI=1S/C20H20ClN5O2/c21-16-15-10-24-26(17(15)23-13-22-16)20-8-6-19(12-20,7-9-20)25-18(27)28-11-14-4-2-1-3-5-14/h1-5,10,13H,6-9,11-12H2,(H,25,27). The van der Waals surface area contributed by atoms with E-state index in [9.17, 15) is 4.79 Å². The Balaban J connectivity index is 1.31. The third-order valence-electron chi connectivity index (χ3n) is 6.15. The van der Waals surface area contributed by atoms with Crippen molar-refractivity contribution in [2.75, 3.05) is 0 Å². The van der Waals surface area contributed by atoms with Crippen molar-refractivity contribution < 1.29 is 9.53 Å². The number of rotatable bonds is 4. The van der Waals surface area contributed by atoms with Gasteiger partial charge in [-0.2, -0.15) is 5.10 Å². The minimum atomic E-state index is -0.364. The van der Waals surface area contributed by atoms with Crippen molar-refractivity contribution in [1.29, 1.82) is 0 Å². The number of nitrogens with one attached hydrogen (secondary N) is 1. The summed E-state index contributed by atoms with van der Waals surface area (Å²) < 4.78 is 7.42. The molecule has 0 unspecified atom stereocenters. The zero-order valence-corrected chi connectivity index (χ0v) is 16.0. The Hall–Kier alpha value is -2.67. The largest absolute Gasteiger partial charge is 0.445 e. The minimum absolute atomic E-state index is 0.147. The second kappa shape index (κ2) is 6.44. The van der Waals surface area contributed by atoms with Gasteiger partial charge in [-0.1, -0.05) is 41.9 Å². The molecule has 0 radical (unpaired) electrons. The molecule has 1 amide bonds. The first-order valence-electron chi connectivity index (χ1n) is 9.43. The van der Waals surface area contributed by atoms with Crippen molar-refractivity contribution in [2.45, 2.75) is 49.8 Å². The number of hydrogen-bond donors (Lipinski definition) is 1. The molecule has 2 aliphatic rings. The van der Waals surface area contributed by atoms with E-state index in [1.54, 1.807) is 6.20 Å². The molecule has 28 heavy (non-hydrogen) atoms. The molecule has 1 N–H and O–H groups in total. The lowest BCUT2D eigenvalue weighted by Gasteiger charge is -2.28. The maximum absolute atomic E-state index is 12.4. The highest BCUT2D eigenvalue weighted by Crippen LogP contribution is 2.55. The first-order valence-corrected chi connectivity index (χ1v) is 9.81. The number of carbonyl (C=O) groups excluding carboxylic acids is 1. The fourth-order valence-corrected chi connectivity index (χ4v) is 4.95. The topological polar surface area (TPSA) is 81.9 Å². The highest BCUT2D eigenvalue weighted by atomic mass is 35.5. The minimum Gasteiger partial charge on any atom is -0.445 e. The van der Waals surface area contributed by atoms with Crippen LogP contribution in [-0.2, 0) is 16.9 Å². The Kier molecular flexibility index (Phi) is 4.01. The Morgan fingerprint density at radius 3 is 2.75 bits per heavy atom. The van der Waals surface area contributed by atoms with Crippen LogP contribution in [0.2, 0.25) is 5.15 Å². The number of hydrogen-bond acceptors (Lipinski definition) is 5. The molecule has 3 aromatic rings. The van der Waals surface area contributed by atoms with Gasteiger partial charge in [0.25, 0.3) is 0 Å². The second-order valence-electron chi connectivity index (χ2n) is 7.83. The van der Waals surface area contributed by atoms with Crippen LogP contribution in [0.4, 0.5) is 4.79 Å². The first-order chi connectivity index (χ1) is 13.6. The van der Waals surface area contributed by atoms with Gasteiger partial charge in [-0.25, -0.2) is 19.4 Å². The van der Waals surface area contributed by atoms with Crippen LogP contribution >= 0.6 is 11.6 Å². The molecule has 2 fully saturated rings. The molecule has 0 saturated heterocycles. The normalized spacial score (nSPS) is 25.9. The Morgan fingerprint density at radius 2 is 1.96 bits per heavy atom. The fourth-order valence-electron chi connectivity index (χ4n) is 4.77. The molecule has 144 valence electrons. The van der Waals surface area contributed by atoms with E-state index in [-0.39, 0.29) is 23.8 Å². The Morgan fingerprint density at radius 1 is 1.18 bits per heavy atom. The van der Waals surface area contributed by atoms with Gasteiger partial charge in [-0.15, -0.1) is 0 Å². The van der Waals surface area contributed by atoms with Gasteiger partial charge in [0.05, 0.1) is 17.1 Å². The molecular weight excluding hydrogens is 378 g/mol. The molecule has 2 saturated carbocycles. The molecule has 2 aliphatic carbocycles. The number of fused-ring (bicyclic) bond motifs is 3. The average molecular weight is 398 g/mol. The van der Waals surface area contributed by atoms with Gasteiger partial charge < -0.3 is 10.1 Å². The Labute approximate surface area is 167 Å². The zero-order chi connectivity index (χ0) is 19.2. The molecule has 7 nitrogen and oxygen atoms in total. The summed E-state index contributed by atoms with van der Waals surface area (Å²) in [4.78, 5) is 20.8. The van der Waals surface area contributed by atoms with Crippen LogP contribution in [0.1, 0.15) is 37.7 Å². The molecular formula is C20H20ClN5O2. The number of aromatic nitrogens is 4. The molecule has 2 aromatic heterocycles. The second-order valence-corrected chi connectivity index (χ2v) is 8.18. The van der Waals surface area contributed by atoms with Crippen molar-refractivity contribution in [3.63, 3.8) is 0 Å². The van der Waals surface area contributed by atoms with Gasteiger partial charge in [-0.3, -0.25) is 0 Å². The first kappa shape index (κ1) is 17.4. The van der Waals surface area contributed by atoms with Crippen LogP contribution in [-0.4, -0.2) is 31.4 Å². The van der Waals surface area contributed by atoms with Crippen LogP contribution in [0.25, 0.3) is 11.0 Å². The molecule has 2 heterocycles. The van der Waals surface area contributed by atoms with Crippen LogP contribution < -0.4 is 5.32 Å². The van der Waals surface area contributed by atoms with Crippen LogP contribution in [0.3, 0.4) is 0 Å². The number of carbonyl (C=O) groups is 1. The van der Waals surface area contributed by atoms with Gasteiger partial charge in [-0.05, 0) is 37.7 Å². The van der Waals surface area contributed by atoms with E-state index in [4.69, 9.17) is 16.3 Å². The number of amides is 1. The van der Waals surface area contributed by atoms with Crippen LogP contribution in [0.5, 0.6) is 0 Å². The van der Waals surface area contributed by atoms with Crippen molar-refractivity contribution in [3.05, 3.63) is 53.6 Å². The van der Waals surface area contributed by atoms with Gasteiger partial charge >= 0.3 is 6.09 Å². The summed E-state index contributed by atoms with van der Waals surface area (Å²) >= 11 is 6.18. The fraction of sp³-hybridized carbons (Fsp3) is 0.400. The average Bonchev–Trinajstić information content (AvgIpc) is 3.40. The van der Waals surface area contributed by atoms with E-state index < -0.39 is 0 Å². The van der Waals surface area contributed by atoms with Gasteiger partial charge in [0.2, 0.25) is 0 Å². The van der Waals surface area contributed by atoms with E-state index in [0.717, 1.165) is 48.7 Å². The number of nitrogens with zero attached hydrogens (tertiary/aromatic N) is 4. The van der Waals surface area contributed by atoms with Crippen LogP contribution in [0, 0.1) is 0 Å². The summed E-state index contributed by atoms with van der Waals surface area (Å²) in [6.07, 6.45) is 7.31. The van der Waals surface area contributed by atoms with Crippen molar-refractivity contribution in [1.82, 2.24) is 25.1 Å². The van der Waals surface area contributed by atoms with Gasteiger partial charge in [0.1, 0.15) is 18.1 Å². The van der Waals surface area contributed by atoms with Gasteiger partial charge in [0, 0.05) is 5.54 Å². The number of benzene rings is 1. The number of alkyl carbamates (subject to hydrolysis) is 1. The number of halogens is 1. The third-order valence-corrected chi connectivity index (χ3v) is 6.45. The van der Waals surface area contributed by atoms with Crippen molar-refractivity contribution >= 4 is 28.7 Å². The van der Waals surface area contributed by atoms with E-state index in [1.165, 1.54) is 6.33 Å². The molecule has 8 heteroatoms. The summed E-state index contributed by atoms with van der Waals surface area (Å²) in [5, 5.41) is 8.90. The van der Waals surface area contributed by atoms with E-state index in [1.807, 2.05) is 35.0 Å². The lowest BCUT2D eigenvalue weighted by molar-refractivity contribution is 0.126. The highest BCUT2D eigenvalue weighted by molar-refractivity contribution is 6.33. The van der Waals surface area contributed by atoms with Crippen molar-refractivity contribution in [2.24, 2.45) is 0 Å².